The average Bonchev–Trinajstić information content (AvgIpc) is 2.41. The summed E-state index contributed by atoms with van der Waals surface area (Å²) >= 11 is 5.83. The van der Waals surface area contributed by atoms with E-state index in [4.69, 9.17) is 11.6 Å². The zero-order valence-electron chi connectivity index (χ0n) is 11.4. The van der Waals surface area contributed by atoms with Crippen LogP contribution in [0.25, 0.3) is 0 Å². The van der Waals surface area contributed by atoms with Crippen LogP contribution in [0.3, 0.4) is 0 Å². The third-order valence-corrected chi connectivity index (χ3v) is 3.94. The van der Waals surface area contributed by atoms with Crippen molar-refractivity contribution in [1.29, 1.82) is 0 Å². The molecule has 0 radical (unpaired) electrons. The van der Waals surface area contributed by atoms with Crippen molar-refractivity contribution in [3.8, 4) is 0 Å². The van der Waals surface area contributed by atoms with Crippen LogP contribution in [0.2, 0.25) is 5.02 Å². The third kappa shape index (κ3) is 4.51. The molecule has 1 saturated heterocycles. The third-order valence-electron chi connectivity index (χ3n) is 3.69. The Balaban J connectivity index is 1.76. The van der Waals surface area contributed by atoms with E-state index < -0.39 is 0 Å². The molecule has 0 bridgehead atoms. The largest absolute Gasteiger partial charge is 0.351 e. The van der Waals surface area contributed by atoms with E-state index in [2.05, 4.69) is 17.1 Å². The number of rotatable bonds is 4. The quantitative estimate of drug-likeness (QED) is 0.920. The molecule has 0 aromatic heterocycles. The number of carbonyl (C=O) groups is 1. The lowest BCUT2D eigenvalue weighted by atomic mass is 10.0. The minimum atomic E-state index is 0.101. The summed E-state index contributed by atoms with van der Waals surface area (Å²) in [6.45, 7) is 4.31. The summed E-state index contributed by atoms with van der Waals surface area (Å²) in [5, 5.41) is 3.68. The molecule has 1 fully saturated rings. The Morgan fingerprint density at radius 3 is 2.79 bits per heavy atom. The number of hydrogen-bond donors (Lipinski definition) is 1. The van der Waals surface area contributed by atoms with Crippen molar-refractivity contribution < 1.29 is 4.79 Å². The second-order valence-corrected chi connectivity index (χ2v) is 5.65. The van der Waals surface area contributed by atoms with Crippen LogP contribution in [-0.4, -0.2) is 29.9 Å². The Kier molecular flexibility index (Phi) is 5.23. The van der Waals surface area contributed by atoms with Crippen molar-refractivity contribution >= 4 is 17.5 Å². The van der Waals surface area contributed by atoms with Gasteiger partial charge in [-0.3, -0.25) is 9.69 Å². The van der Waals surface area contributed by atoms with Crippen LogP contribution in [0.15, 0.2) is 24.3 Å². The maximum atomic E-state index is 11.9. The molecule has 0 unspecified atom stereocenters. The lowest BCUT2D eigenvalue weighted by molar-refractivity contribution is -0.123. The van der Waals surface area contributed by atoms with Crippen LogP contribution in [0.4, 0.5) is 0 Å². The molecule has 0 aliphatic carbocycles. The molecule has 1 N–H and O–H groups in total. The van der Waals surface area contributed by atoms with E-state index in [0.29, 0.717) is 19.1 Å². The van der Waals surface area contributed by atoms with Gasteiger partial charge in [-0.05, 0) is 44.0 Å². The molecule has 4 heteroatoms. The number of carbonyl (C=O) groups excluding carboxylic acids is 1. The molecule has 1 aromatic rings. The molecular formula is C15H21ClN2O. The number of amides is 1. The van der Waals surface area contributed by atoms with Crippen LogP contribution in [0, 0.1) is 0 Å². The predicted octanol–water partition coefficient (Wildman–Crippen LogP) is 2.83. The summed E-state index contributed by atoms with van der Waals surface area (Å²) in [6, 6.07) is 8.08. The van der Waals surface area contributed by atoms with Crippen LogP contribution in [0.1, 0.15) is 31.7 Å². The Labute approximate surface area is 119 Å². The number of hydrogen-bond acceptors (Lipinski definition) is 2. The standard InChI is InChI=1S/C15H21ClN2O/c1-12-4-2-3-9-18(12)11-15(19)17-10-13-5-7-14(16)8-6-13/h5-8,12H,2-4,9-11H2,1H3,(H,17,19)/t12-/m1/s1. The summed E-state index contributed by atoms with van der Waals surface area (Å²) in [6.07, 6.45) is 3.68. The first-order valence-electron chi connectivity index (χ1n) is 6.90. The van der Waals surface area contributed by atoms with Gasteiger partial charge < -0.3 is 5.32 Å². The SMILES string of the molecule is C[C@@H]1CCCCN1CC(=O)NCc1ccc(Cl)cc1. The minimum absolute atomic E-state index is 0.101. The van der Waals surface area contributed by atoms with Gasteiger partial charge in [0.1, 0.15) is 0 Å². The van der Waals surface area contributed by atoms with Crippen LogP contribution in [-0.2, 0) is 11.3 Å². The first kappa shape index (κ1) is 14.4. The Morgan fingerprint density at radius 2 is 2.11 bits per heavy atom. The van der Waals surface area contributed by atoms with E-state index in [1.807, 2.05) is 24.3 Å². The second kappa shape index (κ2) is 6.92. The number of nitrogens with one attached hydrogen (secondary N) is 1. The van der Waals surface area contributed by atoms with Crippen molar-refractivity contribution in [3.63, 3.8) is 0 Å². The van der Waals surface area contributed by atoms with E-state index in [1.165, 1.54) is 19.3 Å². The van der Waals surface area contributed by atoms with Gasteiger partial charge in [-0.2, -0.15) is 0 Å². The topological polar surface area (TPSA) is 32.3 Å². The number of nitrogens with zero attached hydrogens (tertiary/aromatic N) is 1. The van der Waals surface area contributed by atoms with Crippen molar-refractivity contribution in [2.45, 2.75) is 38.8 Å². The monoisotopic (exact) mass is 280 g/mol. The molecule has 2 rings (SSSR count). The minimum Gasteiger partial charge on any atom is -0.351 e. The van der Waals surface area contributed by atoms with Crippen molar-refractivity contribution in [2.75, 3.05) is 13.1 Å². The van der Waals surface area contributed by atoms with Gasteiger partial charge >= 0.3 is 0 Å². The van der Waals surface area contributed by atoms with E-state index in [1.54, 1.807) is 0 Å². The summed E-state index contributed by atoms with van der Waals surface area (Å²) in [7, 11) is 0. The van der Waals surface area contributed by atoms with E-state index in [0.717, 1.165) is 17.1 Å². The van der Waals surface area contributed by atoms with Gasteiger partial charge in [-0.1, -0.05) is 30.2 Å². The van der Waals surface area contributed by atoms with E-state index in [-0.39, 0.29) is 5.91 Å². The summed E-state index contributed by atoms with van der Waals surface area (Å²) in [4.78, 5) is 14.2. The molecule has 104 valence electrons. The van der Waals surface area contributed by atoms with Crippen LogP contribution in [0.5, 0.6) is 0 Å². The Morgan fingerprint density at radius 1 is 1.37 bits per heavy atom. The zero-order chi connectivity index (χ0) is 13.7. The van der Waals surface area contributed by atoms with Gasteiger partial charge in [-0.15, -0.1) is 0 Å². The van der Waals surface area contributed by atoms with Gasteiger partial charge in [0.25, 0.3) is 0 Å². The lowest BCUT2D eigenvalue weighted by Crippen LogP contribution is -2.44. The first-order chi connectivity index (χ1) is 9.15. The highest BCUT2D eigenvalue weighted by atomic mass is 35.5. The Hall–Kier alpha value is -1.06. The molecule has 19 heavy (non-hydrogen) atoms. The molecule has 0 saturated carbocycles. The first-order valence-corrected chi connectivity index (χ1v) is 7.28. The maximum absolute atomic E-state index is 11.9. The molecule has 1 aliphatic heterocycles. The fraction of sp³-hybridized carbons (Fsp3) is 0.533. The predicted molar refractivity (Wildman–Crippen MR) is 78.2 cm³/mol. The highest BCUT2D eigenvalue weighted by Gasteiger charge is 2.20. The molecule has 1 amide bonds. The number of piperidine rings is 1. The zero-order valence-corrected chi connectivity index (χ0v) is 12.1. The fourth-order valence-electron chi connectivity index (χ4n) is 2.44. The van der Waals surface area contributed by atoms with Crippen LogP contribution < -0.4 is 5.32 Å². The molecule has 1 aromatic carbocycles. The number of benzene rings is 1. The highest BCUT2D eigenvalue weighted by Crippen LogP contribution is 2.15. The van der Waals surface area contributed by atoms with Crippen molar-refractivity contribution in [3.05, 3.63) is 34.9 Å². The summed E-state index contributed by atoms with van der Waals surface area (Å²) < 4.78 is 0. The molecule has 1 atom stereocenters. The second-order valence-electron chi connectivity index (χ2n) is 5.22. The van der Waals surface area contributed by atoms with E-state index in [9.17, 15) is 4.79 Å². The molecular weight excluding hydrogens is 260 g/mol. The molecule has 3 nitrogen and oxygen atoms in total. The van der Waals surface area contributed by atoms with Crippen molar-refractivity contribution in [2.24, 2.45) is 0 Å². The maximum Gasteiger partial charge on any atom is 0.234 e. The van der Waals surface area contributed by atoms with E-state index >= 15 is 0 Å². The summed E-state index contributed by atoms with van der Waals surface area (Å²) in [5.74, 6) is 0.101. The van der Waals surface area contributed by atoms with Gasteiger partial charge in [-0.25, -0.2) is 0 Å². The van der Waals surface area contributed by atoms with Crippen molar-refractivity contribution in [1.82, 2.24) is 10.2 Å². The molecule has 1 heterocycles. The lowest BCUT2D eigenvalue weighted by Gasteiger charge is -2.32. The molecule has 0 spiro atoms. The van der Waals surface area contributed by atoms with Gasteiger partial charge in [0.2, 0.25) is 5.91 Å². The molecule has 1 aliphatic rings. The number of halogens is 1. The Bertz CT molecular complexity index is 419. The fourth-order valence-corrected chi connectivity index (χ4v) is 2.56. The average molecular weight is 281 g/mol. The van der Waals surface area contributed by atoms with Gasteiger partial charge in [0, 0.05) is 17.6 Å². The highest BCUT2D eigenvalue weighted by molar-refractivity contribution is 6.30. The summed E-state index contributed by atoms with van der Waals surface area (Å²) in [5.41, 5.74) is 1.07. The number of likely N-dealkylation sites (tertiary alicyclic amines) is 1. The van der Waals surface area contributed by atoms with Crippen LogP contribution >= 0.6 is 11.6 Å². The smallest absolute Gasteiger partial charge is 0.234 e. The van der Waals surface area contributed by atoms with Gasteiger partial charge in [0.05, 0.1) is 6.54 Å². The normalized spacial score (nSPS) is 20.2. The van der Waals surface area contributed by atoms with Gasteiger partial charge in [0.15, 0.2) is 0 Å².